The molecule has 9 heteroatoms. The van der Waals surface area contributed by atoms with Crippen molar-refractivity contribution in [2.75, 3.05) is 6.54 Å². The van der Waals surface area contributed by atoms with E-state index < -0.39 is 52.0 Å². The molecule has 0 bridgehead atoms. The summed E-state index contributed by atoms with van der Waals surface area (Å²) >= 11 is 0. The first-order valence-electron chi connectivity index (χ1n) is 13.2. The summed E-state index contributed by atoms with van der Waals surface area (Å²) in [6.45, 7) is 1.46. The number of amides is 1. The standard InChI is InChI=1S/C28H34N2O7/c29-27(36)23-20(32)11-18-10-17-9-16-7-15(13-30-12-14-5-3-1-2-4-6-14)8-19(31)21(16)24(33)22(17)25(34)28(18,37)26(23)35/h7-8,14,17-18,30-31,33,35,37H,1-6,9-13H2,(H2,29,36)/t17?,18-,28-/m0/s1. The molecule has 1 unspecified atom stereocenters. The highest BCUT2D eigenvalue weighted by Crippen LogP contribution is 2.52. The molecule has 4 aliphatic carbocycles. The number of nitrogens with one attached hydrogen (secondary N) is 1. The number of aliphatic hydroxyl groups is 3. The molecule has 1 aromatic carbocycles. The fraction of sp³-hybridized carbons (Fsp3) is 0.536. The molecule has 3 atom stereocenters. The number of rotatable bonds is 5. The first-order chi connectivity index (χ1) is 17.6. The zero-order chi connectivity index (χ0) is 26.5. The van der Waals surface area contributed by atoms with E-state index in [1.807, 2.05) is 6.07 Å². The molecule has 1 aromatic rings. The molecule has 2 saturated carbocycles. The number of hydrogen-bond donors (Lipinski definition) is 6. The molecule has 0 aromatic heterocycles. The molecule has 37 heavy (non-hydrogen) atoms. The third kappa shape index (κ3) is 4.24. The quantitative estimate of drug-likeness (QED) is 0.259. The summed E-state index contributed by atoms with van der Waals surface area (Å²) in [5, 5.41) is 47.3. The summed E-state index contributed by atoms with van der Waals surface area (Å²) in [6, 6.07) is 3.46. The van der Waals surface area contributed by atoms with E-state index in [-0.39, 0.29) is 29.7 Å². The molecule has 0 saturated heterocycles. The van der Waals surface area contributed by atoms with E-state index in [0.29, 0.717) is 24.4 Å². The van der Waals surface area contributed by atoms with Gasteiger partial charge >= 0.3 is 0 Å². The van der Waals surface area contributed by atoms with Gasteiger partial charge in [0, 0.05) is 24.5 Å². The minimum atomic E-state index is -2.53. The Bertz CT molecular complexity index is 1230. The number of carbonyl (C=O) groups is 3. The maximum atomic E-state index is 13.5. The van der Waals surface area contributed by atoms with Crippen LogP contribution in [0.25, 0.3) is 5.76 Å². The average molecular weight is 511 g/mol. The van der Waals surface area contributed by atoms with E-state index in [9.17, 15) is 34.8 Å². The lowest BCUT2D eigenvalue weighted by atomic mass is 9.59. The van der Waals surface area contributed by atoms with Crippen molar-refractivity contribution in [3.63, 3.8) is 0 Å². The third-order valence-electron chi connectivity index (χ3n) is 8.67. The summed E-state index contributed by atoms with van der Waals surface area (Å²) in [4.78, 5) is 37.7. The number of benzene rings is 1. The molecule has 2 fully saturated rings. The minimum Gasteiger partial charge on any atom is -0.508 e. The minimum absolute atomic E-state index is 0.120. The molecular formula is C28H34N2O7. The second kappa shape index (κ2) is 9.61. The van der Waals surface area contributed by atoms with E-state index in [1.165, 1.54) is 38.5 Å². The van der Waals surface area contributed by atoms with Crippen LogP contribution >= 0.6 is 0 Å². The van der Waals surface area contributed by atoms with Crippen LogP contribution < -0.4 is 11.1 Å². The number of aromatic hydroxyl groups is 1. The highest BCUT2D eigenvalue weighted by molar-refractivity contribution is 6.22. The number of fused-ring (bicyclic) bond motifs is 3. The van der Waals surface area contributed by atoms with Gasteiger partial charge in [0.05, 0.1) is 5.56 Å². The van der Waals surface area contributed by atoms with Crippen LogP contribution in [0.4, 0.5) is 0 Å². The molecule has 5 rings (SSSR count). The van der Waals surface area contributed by atoms with Crippen molar-refractivity contribution in [1.29, 1.82) is 0 Å². The van der Waals surface area contributed by atoms with Gasteiger partial charge in [-0.3, -0.25) is 14.4 Å². The normalized spacial score (nSPS) is 28.5. The first-order valence-corrected chi connectivity index (χ1v) is 13.2. The van der Waals surface area contributed by atoms with Gasteiger partial charge in [-0.15, -0.1) is 0 Å². The van der Waals surface area contributed by atoms with Gasteiger partial charge in [-0.25, -0.2) is 0 Å². The molecule has 0 radical (unpaired) electrons. The van der Waals surface area contributed by atoms with Crippen molar-refractivity contribution >= 4 is 23.2 Å². The van der Waals surface area contributed by atoms with Crippen LogP contribution in [0, 0.1) is 17.8 Å². The third-order valence-corrected chi connectivity index (χ3v) is 8.67. The summed E-state index contributed by atoms with van der Waals surface area (Å²) in [5.74, 6) is -5.45. The lowest BCUT2D eigenvalue weighted by Gasteiger charge is -2.46. The van der Waals surface area contributed by atoms with Gasteiger partial charge in [0.15, 0.2) is 11.4 Å². The van der Waals surface area contributed by atoms with Gasteiger partial charge in [0.2, 0.25) is 5.78 Å². The van der Waals surface area contributed by atoms with E-state index >= 15 is 0 Å². The Balaban J connectivity index is 1.43. The Morgan fingerprint density at radius 1 is 1.05 bits per heavy atom. The largest absolute Gasteiger partial charge is 0.508 e. The van der Waals surface area contributed by atoms with Gasteiger partial charge in [-0.1, -0.05) is 31.7 Å². The maximum absolute atomic E-state index is 13.5. The van der Waals surface area contributed by atoms with Crippen LogP contribution in [-0.2, 0) is 27.3 Å². The van der Waals surface area contributed by atoms with Gasteiger partial charge in [-0.05, 0) is 61.3 Å². The second-order valence-electron chi connectivity index (χ2n) is 11.0. The van der Waals surface area contributed by atoms with Crippen molar-refractivity contribution in [3.05, 3.63) is 45.7 Å². The number of phenolic OH excluding ortho intramolecular Hbond substituents is 1. The number of carbonyl (C=O) groups excluding carboxylic acids is 3. The van der Waals surface area contributed by atoms with E-state index in [4.69, 9.17) is 5.73 Å². The summed E-state index contributed by atoms with van der Waals surface area (Å²) in [5.41, 5.74) is 3.44. The molecule has 1 amide bonds. The Labute approximate surface area is 215 Å². The summed E-state index contributed by atoms with van der Waals surface area (Å²) in [7, 11) is 0. The van der Waals surface area contributed by atoms with E-state index in [2.05, 4.69) is 5.32 Å². The van der Waals surface area contributed by atoms with Crippen molar-refractivity contribution in [2.45, 2.75) is 69.9 Å². The van der Waals surface area contributed by atoms with Gasteiger partial charge < -0.3 is 31.5 Å². The maximum Gasteiger partial charge on any atom is 0.255 e. The molecule has 4 aliphatic rings. The molecular weight excluding hydrogens is 476 g/mol. The fourth-order valence-electron chi connectivity index (χ4n) is 6.80. The van der Waals surface area contributed by atoms with E-state index in [1.54, 1.807) is 6.07 Å². The molecule has 0 spiro atoms. The Morgan fingerprint density at radius 3 is 2.43 bits per heavy atom. The Morgan fingerprint density at radius 2 is 1.76 bits per heavy atom. The second-order valence-corrected chi connectivity index (χ2v) is 11.0. The average Bonchev–Trinajstić information content (AvgIpc) is 3.10. The molecule has 0 aliphatic heterocycles. The topological polar surface area (TPSA) is 170 Å². The van der Waals surface area contributed by atoms with Gasteiger partial charge in [-0.2, -0.15) is 0 Å². The smallest absolute Gasteiger partial charge is 0.255 e. The Hall–Kier alpha value is -3.17. The van der Waals surface area contributed by atoms with Crippen LogP contribution in [0.2, 0.25) is 0 Å². The molecule has 7 N–H and O–H groups in total. The Kier molecular flexibility index (Phi) is 6.62. The lowest BCUT2D eigenvalue weighted by Crippen LogP contribution is -2.58. The molecule has 9 nitrogen and oxygen atoms in total. The van der Waals surface area contributed by atoms with Gasteiger partial charge in [0.25, 0.3) is 5.91 Å². The lowest BCUT2D eigenvalue weighted by molar-refractivity contribution is -0.147. The van der Waals surface area contributed by atoms with Crippen LogP contribution in [0.1, 0.15) is 68.1 Å². The van der Waals surface area contributed by atoms with Crippen molar-refractivity contribution < 1.29 is 34.8 Å². The van der Waals surface area contributed by atoms with Crippen molar-refractivity contribution in [2.24, 2.45) is 23.5 Å². The van der Waals surface area contributed by atoms with Crippen molar-refractivity contribution in [3.8, 4) is 5.75 Å². The molecule has 0 heterocycles. The highest BCUT2D eigenvalue weighted by Gasteiger charge is 2.60. The van der Waals surface area contributed by atoms with Crippen LogP contribution in [0.3, 0.4) is 0 Å². The van der Waals surface area contributed by atoms with Crippen molar-refractivity contribution in [1.82, 2.24) is 5.32 Å². The number of primary amides is 1. The SMILES string of the molecule is NC(=O)C1=C(O)[C@@]2(O)C(=O)C3=C(O)c4c(O)cc(CNCC5CCCCCC5)cc4CC3C[C@H]2CC1=O. The van der Waals surface area contributed by atoms with Crippen LogP contribution in [0.15, 0.2) is 29.0 Å². The predicted molar refractivity (Wildman–Crippen MR) is 134 cm³/mol. The predicted octanol–water partition coefficient (Wildman–Crippen LogP) is 2.48. The van der Waals surface area contributed by atoms with Crippen LogP contribution in [-0.4, -0.2) is 50.0 Å². The zero-order valence-electron chi connectivity index (χ0n) is 20.8. The van der Waals surface area contributed by atoms with E-state index in [0.717, 1.165) is 12.1 Å². The number of ketones is 2. The summed E-state index contributed by atoms with van der Waals surface area (Å²) < 4.78 is 0. The summed E-state index contributed by atoms with van der Waals surface area (Å²) in [6.07, 6.45) is 7.70. The number of aliphatic hydroxyl groups excluding tert-OH is 2. The zero-order valence-corrected chi connectivity index (χ0v) is 20.8. The monoisotopic (exact) mass is 510 g/mol. The first kappa shape index (κ1) is 25.5. The number of phenols is 1. The fourth-order valence-corrected chi connectivity index (χ4v) is 6.80. The molecule has 198 valence electrons. The van der Waals surface area contributed by atoms with Crippen LogP contribution in [0.5, 0.6) is 5.75 Å². The number of hydrogen-bond acceptors (Lipinski definition) is 8. The highest BCUT2D eigenvalue weighted by atomic mass is 16.3. The number of Topliss-reactive ketones (excluding diaryl/α,β-unsaturated/α-hetero) is 2. The number of nitrogens with two attached hydrogens (primary N) is 1. The van der Waals surface area contributed by atoms with Gasteiger partial charge in [0.1, 0.15) is 22.8 Å².